The summed E-state index contributed by atoms with van der Waals surface area (Å²) in [6.45, 7) is 2.57. The SMILES string of the molecule is Cc1nc(C2CCCCN2C(=O)C2CCC2)ncc1C(=O)Nc1ccc(Cl)cc1. The molecule has 152 valence electrons. The van der Waals surface area contributed by atoms with Gasteiger partial charge in [0.05, 0.1) is 17.3 Å². The summed E-state index contributed by atoms with van der Waals surface area (Å²) in [5.74, 6) is 0.785. The van der Waals surface area contributed by atoms with Gasteiger partial charge in [-0.25, -0.2) is 9.97 Å². The third-order valence-electron chi connectivity index (χ3n) is 5.88. The lowest BCUT2D eigenvalue weighted by Gasteiger charge is -2.39. The van der Waals surface area contributed by atoms with E-state index >= 15 is 0 Å². The number of aryl methyl sites for hydroxylation is 1. The second-order valence-electron chi connectivity index (χ2n) is 7.86. The summed E-state index contributed by atoms with van der Waals surface area (Å²) in [6.07, 6.45) is 7.65. The first-order valence-corrected chi connectivity index (χ1v) is 10.6. The Balaban J connectivity index is 1.51. The molecule has 1 aliphatic carbocycles. The highest BCUT2D eigenvalue weighted by Gasteiger charge is 2.36. The molecule has 0 radical (unpaired) electrons. The molecule has 2 aliphatic rings. The maximum absolute atomic E-state index is 12.8. The molecule has 7 heteroatoms. The summed E-state index contributed by atoms with van der Waals surface area (Å²) < 4.78 is 0. The van der Waals surface area contributed by atoms with Crippen LogP contribution in [0.25, 0.3) is 0 Å². The van der Waals surface area contributed by atoms with Gasteiger partial charge >= 0.3 is 0 Å². The number of rotatable bonds is 4. The number of halogens is 1. The molecule has 2 aromatic rings. The Morgan fingerprint density at radius 3 is 2.52 bits per heavy atom. The summed E-state index contributed by atoms with van der Waals surface area (Å²) in [5, 5.41) is 3.45. The van der Waals surface area contributed by atoms with Crippen LogP contribution in [0.4, 0.5) is 5.69 Å². The third kappa shape index (κ3) is 4.27. The number of carbonyl (C=O) groups excluding carboxylic acids is 2. The van der Waals surface area contributed by atoms with Crippen LogP contribution in [0.1, 0.15) is 66.4 Å². The van der Waals surface area contributed by atoms with Crippen molar-refractivity contribution in [2.24, 2.45) is 5.92 Å². The number of carbonyl (C=O) groups is 2. The predicted molar refractivity (Wildman–Crippen MR) is 112 cm³/mol. The number of nitrogens with one attached hydrogen (secondary N) is 1. The van der Waals surface area contributed by atoms with Crippen LogP contribution in [0.5, 0.6) is 0 Å². The molecule has 2 heterocycles. The Hall–Kier alpha value is -2.47. The number of hydrogen-bond donors (Lipinski definition) is 1. The first-order valence-electron chi connectivity index (χ1n) is 10.2. The van der Waals surface area contributed by atoms with Crippen LogP contribution < -0.4 is 5.32 Å². The van der Waals surface area contributed by atoms with E-state index in [2.05, 4.69) is 15.3 Å². The van der Waals surface area contributed by atoms with Crippen LogP contribution in [-0.4, -0.2) is 33.2 Å². The topological polar surface area (TPSA) is 75.2 Å². The number of aromatic nitrogens is 2. The minimum atomic E-state index is -0.262. The van der Waals surface area contributed by atoms with Crippen molar-refractivity contribution in [3.8, 4) is 0 Å². The van der Waals surface area contributed by atoms with Crippen molar-refractivity contribution in [3.05, 3.63) is 52.6 Å². The molecule has 1 saturated carbocycles. The van der Waals surface area contributed by atoms with Gasteiger partial charge in [0.2, 0.25) is 5.91 Å². The molecule has 1 N–H and O–H groups in total. The number of hydrogen-bond acceptors (Lipinski definition) is 4. The lowest BCUT2D eigenvalue weighted by molar-refractivity contribution is -0.142. The fourth-order valence-corrected chi connectivity index (χ4v) is 4.08. The Morgan fingerprint density at radius 1 is 1.10 bits per heavy atom. The van der Waals surface area contributed by atoms with Crippen LogP contribution in [0.15, 0.2) is 30.5 Å². The monoisotopic (exact) mass is 412 g/mol. The van der Waals surface area contributed by atoms with Gasteiger partial charge in [-0.15, -0.1) is 0 Å². The Morgan fingerprint density at radius 2 is 1.86 bits per heavy atom. The van der Waals surface area contributed by atoms with Gasteiger partial charge in [0.1, 0.15) is 0 Å². The van der Waals surface area contributed by atoms with E-state index in [-0.39, 0.29) is 23.8 Å². The summed E-state index contributed by atoms with van der Waals surface area (Å²) in [4.78, 5) is 36.6. The maximum Gasteiger partial charge on any atom is 0.259 e. The second-order valence-corrected chi connectivity index (χ2v) is 8.30. The zero-order chi connectivity index (χ0) is 20.4. The number of amides is 2. The van der Waals surface area contributed by atoms with Crippen molar-refractivity contribution in [1.29, 1.82) is 0 Å². The molecule has 1 aliphatic heterocycles. The Kier molecular flexibility index (Phi) is 5.81. The summed E-state index contributed by atoms with van der Waals surface area (Å²) in [5.41, 5.74) is 1.70. The van der Waals surface area contributed by atoms with Crippen LogP contribution in [0.2, 0.25) is 5.02 Å². The quantitative estimate of drug-likeness (QED) is 0.799. The van der Waals surface area contributed by atoms with Crippen molar-refractivity contribution in [3.63, 3.8) is 0 Å². The van der Waals surface area contributed by atoms with E-state index in [9.17, 15) is 9.59 Å². The lowest BCUT2D eigenvalue weighted by Crippen LogP contribution is -2.44. The number of nitrogens with zero attached hydrogens (tertiary/aromatic N) is 3. The smallest absolute Gasteiger partial charge is 0.259 e. The normalized spacial score (nSPS) is 19.5. The molecule has 6 nitrogen and oxygen atoms in total. The van der Waals surface area contributed by atoms with Gasteiger partial charge in [-0.05, 0) is 63.3 Å². The third-order valence-corrected chi connectivity index (χ3v) is 6.13. The molecule has 1 atom stereocenters. The highest BCUT2D eigenvalue weighted by atomic mass is 35.5. The van der Waals surface area contributed by atoms with Gasteiger partial charge in [-0.3, -0.25) is 9.59 Å². The molecule has 0 spiro atoms. The fraction of sp³-hybridized carbons (Fsp3) is 0.455. The first-order chi connectivity index (χ1) is 14.0. The molecule has 1 unspecified atom stereocenters. The zero-order valence-electron chi connectivity index (χ0n) is 16.5. The molecule has 4 rings (SSSR count). The minimum absolute atomic E-state index is 0.0936. The Bertz CT molecular complexity index is 912. The molecule has 29 heavy (non-hydrogen) atoms. The minimum Gasteiger partial charge on any atom is -0.332 e. The van der Waals surface area contributed by atoms with E-state index in [1.54, 1.807) is 30.5 Å². The van der Waals surface area contributed by atoms with E-state index in [1.165, 1.54) is 0 Å². The van der Waals surface area contributed by atoms with Crippen molar-refractivity contribution >= 4 is 29.1 Å². The largest absolute Gasteiger partial charge is 0.332 e. The van der Waals surface area contributed by atoms with Gasteiger partial charge in [0, 0.05) is 29.4 Å². The number of likely N-dealkylation sites (tertiary alicyclic amines) is 1. The molecule has 2 amide bonds. The van der Waals surface area contributed by atoms with Gasteiger partial charge in [0.25, 0.3) is 5.91 Å². The van der Waals surface area contributed by atoms with Gasteiger partial charge in [-0.2, -0.15) is 0 Å². The van der Waals surface area contributed by atoms with Gasteiger partial charge in [-0.1, -0.05) is 18.0 Å². The number of benzene rings is 1. The summed E-state index contributed by atoms with van der Waals surface area (Å²) >= 11 is 5.89. The standard InChI is InChI=1S/C22H25ClN4O2/c1-14-18(21(28)26-17-10-8-16(23)9-11-17)13-24-20(25-14)19-7-2-3-12-27(19)22(29)15-5-4-6-15/h8-11,13,15,19H,2-7,12H2,1H3,(H,26,28). The second kappa shape index (κ2) is 8.49. The summed E-state index contributed by atoms with van der Waals surface area (Å²) in [6, 6.07) is 6.85. The van der Waals surface area contributed by atoms with E-state index in [1.807, 2.05) is 11.8 Å². The van der Waals surface area contributed by atoms with Crippen LogP contribution in [0.3, 0.4) is 0 Å². The van der Waals surface area contributed by atoms with Gasteiger partial charge < -0.3 is 10.2 Å². The van der Waals surface area contributed by atoms with Crippen molar-refractivity contribution < 1.29 is 9.59 Å². The van der Waals surface area contributed by atoms with Crippen LogP contribution in [0, 0.1) is 12.8 Å². The molecule has 0 bridgehead atoms. The van der Waals surface area contributed by atoms with Crippen LogP contribution in [-0.2, 0) is 4.79 Å². The van der Waals surface area contributed by atoms with Crippen LogP contribution >= 0.6 is 11.6 Å². The Labute approximate surface area is 175 Å². The number of piperidine rings is 1. The van der Waals surface area contributed by atoms with Crippen molar-refractivity contribution in [2.45, 2.75) is 51.5 Å². The number of anilines is 1. The first kappa shape index (κ1) is 19.8. The van der Waals surface area contributed by atoms with E-state index in [0.29, 0.717) is 27.8 Å². The highest BCUT2D eigenvalue weighted by Crippen LogP contribution is 2.35. The molecule has 1 aromatic heterocycles. The average Bonchev–Trinajstić information content (AvgIpc) is 2.68. The molecule has 1 aromatic carbocycles. The van der Waals surface area contributed by atoms with E-state index in [4.69, 9.17) is 11.6 Å². The fourth-order valence-electron chi connectivity index (χ4n) is 3.95. The van der Waals surface area contributed by atoms with Crippen molar-refractivity contribution in [1.82, 2.24) is 14.9 Å². The van der Waals surface area contributed by atoms with E-state index < -0.39 is 0 Å². The molecular weight excluding hydrogens is 388 g/mol. The lowest BCUT2D eigenvalue weighted by atomic mass is 9.83. The van der Waals surface area contributed by atoms with Gasteiger partial charge in [0.15, 0.2) is 5.82 Å². The molecule has 2 fully saturated rings. The average molecular weight is 413 g/mol. The summed E-state index contributed by atoms with van der Waals surface area (Å²) in [7, 11) is 0. The molecule has 1 saturated heterocycles. The van der Waals surface area contributed by atoms with Crippen molar-refractivity contribution in [2.75, 3.05) is 11.9 Å². The zero-order valence-corrected chi connectivity index (χ0v) is 17.3. The highest BCUT2D eigenvalue weighted by molar-refractivity contribution is 6.30. The molecular formula is C22H25ClN4O2. The van der Waals surface area contributed by atoms with E-state index in [0.717, 1.165) is 45.1 Å². The predicted octanol–water partition coefficient (Wildman–Crippen LogP) is 4.54. The maximum atomic E-state index is 12.8.